The van der Waals surface area contributed by atoms with E-state index in [9.17, 15) is 9.90 Å². The van der Waals surface area contributed by atoms with Gasteiger partial charge in [-0.1, -0.05) is 16.8 Å². The summed E-state index contributed by atoms with van der Waals surface area (Å²) < 4.78 is 5.14. The van der Waals surface area contributed by atoms with Gasteiger partial charge in [-0.05, 0) is 31.2 Å². The van der Waals surface area contributed by atoms with Gasteiger partial charge in [-0.2, -0.15) is 0 Å². The number of benzene rings is 1. The molecule has 0 aliphatic rings. The summed E-state index contributed by atoms with van der Waals surface area (Å²) in [5, 5.41) is 16.5. The number of nitrogens with zero attached hydrogens (tertiary/aromatic N) is 1. The second-order valence-corrected chi connectivity index (χ2v) is 4.84. The zero-order valence-corrected chi connectivity index (χ0v) is 11.5. The molecule has 1 atom stereocenters. The average Bonchev–Trinajstić information content (AvgIpc) is 2.81. The van der Waals surface area contributed by atoms with E-state index < -0.39 is 5.97 Å². The Bertz CT molecular complexity index is 608. The third kappa shape index (κ3) is 3.09. The summed E-state index contributed by atoms with van der Waals surface area (Å²) >= 11 is 5.80. The summed E-state index contributed by atoms with van der Waals surface area (Å²) in [4.78, 5) is 11.4. The number of carboxylic acids is 1. The number of anilines is 1. The van der Waals surface area contributed by atoms with E-state index >= 15 is 0 Å². The fourth-order valence-electron chi connectivity index (χ4n) is 1.67. The van der Waals surface area contributed by atoms with Gasteiger partial charge in [0, 0.05) is 23.2 Å². The van der Waals surface area contributed by atoms with Crippen LogP contribution in [0.2, 0.25) is 5.02 Å². The Morgan fingerprint density at radius 1 is 1.50 bits per heavy atom. The third-order valence-electron chi connectivity index (χ3n) is 2.60. The van der Waals surface area contributed by atoms with E-state index in [1.54, 1.807) is 31.2 Å². The standard InChI is InChI=1S/C13H14ClN3O3/c1-7(15)6-16-12-10(13(18)19)11(20-17-12)8-2-4-9(14)5-3-8/h2-5,7H,6,15H2,1H3,(H,16,17)(H,18,19)/t7-/m0/s1. The summed E-state index contributed by atoms with van der Waals surface area (Å²) in [6.07, 6.45) is 0. The molecular formula is C13H14ClN3O3. The Morgan fingerprint density at radius 2 is 2.15 bits per heavy atom. The van der Waals surface area contributed by atoms with Crippen molar-refractivity contribution in [2.45, 2.75) is 13.0 Å². The Labute approximate surface area is 120 Å². The highest BCUT2D eigenvalue weighted by atomic mass is 35.5. The molecule has 106 valence electrons. The first-order chi connectivity index (χ1) is 9.49. The predicted octanol–water partition coefficient (Wildman–Crippen LogP) is 2.45. The molecule has 0 bridgehead atoms. The molecule has 0 saturated carbocycles. The topological polar surface area (TPSA) is 101 Å². The molecule has 2 aromatic rings. The van der Waals surface area contributed by atoms with Crippen molar-refractivity contribution in [2.75, 3.05) is 11.9 Å². The molecule has 0 fully saturated rings. The number of hydrogen-bond acceptors (Lipinski definition) is 5. The zero-order chi connectivity index (χ0) is 14.7. The fourth-order valence-corrected chi connectivity index (χ4v) is 1.79. The van der Waals surface area contributed by atoms with Crippen molar-refractivity contribution in [1.82, 2.24) is 5.16 Å². The lowest BCUT2D eigenvalue weighted by molar-refractivity contribution is 0.0698. The monoisotopic (exact) mass is 295 g/mol. The van der Waals surface area contributed by atoms with Crippen LogP contribution in [0.25, 0.3) is 11.3 Å². The summed E-state index contributed by atoms with van der Waals surface area (Å²) in [6, 6.07) is 6.52. The largest absolute Gasteiger partial charge is 0.477 e. The smallest absolute Gasteiger partial charge is 0.343 e. The van der Waals surface area contributed by atoms with Crippen LogP contribution in [0.1, 0.15) is 17.3 Å². The molecule has 1 heterocycles. The number of carbonyl (C=O) groups is 1. The van der Waals surface area contributed by atoms with Crippen LogP contribution in [0.15, 0.2) is 28.8 Å². The average molecular weight is 296 g/mol. The van der Waals surface area contributed by atoms with Crippen molar-refractivity contribution in [3.63, 3.8) is 0 Å². The molecule has 2 rings (SSSR count). The minimum absolute atomic E-state index is 0.0204. The first kappa shape index (κ1) is 14.4. The molecule has 4 N–H and O–H groups in total. The lowest BCUT2D eigenvalue weighted by atomic mass is 10.1. The van der Waals surface area contributed by atoms with Crippen molar-refractivity contribution in [3.8, 4) is 11.3 Å². The molecule has 1 aromatic carbocycles. The first-order valence-corrected chi connectivity index (χ1v) is 6.35. The van der Waals surface area contributed by atoms with Gasteiger partial charge in [-0.25, -0.2) is 4.79 Å². The molecule has 6 nitrogen and oxygen atoms in total. The number of hydrogen-bond donors (Lipinski definition) is 3. The molecule has 7 heteroatoms. The maximum Gasteiger partial charge on any atom is 0.343 e. The molecule has 0 saturated heterocycles. The van der Waals surface area contributed by atoms with E-state index in [0.29, 0.717) is 17.1 Å². The van der Waals surface area contributed by atoms with E-state index in [1.807, 2.05) is 0 Å². The number of aromatic nitrogens is 1. The number of rotatable bonds is 5. The fraction of sp³-hybridized carbons (Fsp3) is 0.231. The molecule has 0 aliphatic carbocycles. The molecular weight excluding hydrogens is 282 g/mol. The zero-order valence-electron chi connectivity index (χ0n) is 10.8. The lowest BCUT2D eigenvalue weighted by Crippen LogP contribution is -2.25. The molecule has 0 spiro atoms. The molecule has 0 unspecified atom stereocenters. The van der Waals surface area contributed by atoms with Gasteiger partial charge in [0.25, 0.3) is 0 Å². The lowest BCUT2D eigenvalue weighted by Gasteiger charge is -2.06. The van der Waals surface area contributed by atoms with E-state index in [1.165, 1.54) is 0 Å². The Balaban J connectivity index is 2.38. The van der Waals surface area contributed by atoms with Gasteiger partial charge in [0.2, 0.25) is 0 Å². The van der Waals surface area contributed by atoms with Gasteiger partial charge in [-0.3, -0.25) is 0 Å². The van der Waals surface area contributed by atoms with Crippen LogP contribution in [-0.4, -0.2) is 28.8 Å². The number of nitrogens with one attached hydrogen (secondary N) is 1. The van der Waals surface area contributed by atoms with Gasteiger partial charge >= 0.3 is 5.97 Å². The predicted molar refractivity (Wildman–Crippen MR) is 76.0 cm³/mol. The van der Waals surface area contributed by atoms with Crippen LogP contribution in [0, 0.1) is 0 Å². The number of nitrogens with two attached hydrogens (primary N) is 1. The SMILES string of the molecule is C[C@H](N)CNc1noc(-c2ccc(Cl)cc2)c1C(=O)O. The van der Waals surface area contributed by atoms with Crippen LogP contribution in [0.5, 0.6) is 0 Å². The van der Waals surface area contributed by atoms with E-state index in [0.717, 1.165) is 0 Å². The van der Waals surface area contributed by atoms with Crippen LogP contribution in [-0.2, 0) is 0 Å². The summed E-state index contributed by atoms with van der Waals surface area (Å²) in [5.41, 5.74) is 6.19. The van der Waals surface area contributed by atoms with Crippen LogP contribution < -0.4 is 11.1 Å². The van der Waals surface area contributed by atoms with Crippen molar-refractivity contribution in [2.24, 2.45) is 5.73 Å². The number of aromatic carboxylic acids is 1. The Hall–Kier alpha value is -2.05. The van der Waals surface area contributed by atoms with Gasteiger partial charge in [0.1, 0.15) is 0 Å². The second-order valence-electron chi connectivity index (χ2n) is 4.41. The normalized spacial score (nSPS) is 12.2. The van der Waals surface area contributed by atoms with Gasteiger partial charge in [0.15, 0.2) is 17.1 Å². The number of halogens is 1. The van der Waals surface area contributed by atoms with E-state index in [4.69, 9.17) is 21.9 Å². The minimum atomic E-state index is -1.12. The van der Waals surface area contributed by atoms with Crippen molar-refractivity contribution < 1.29 is 14.4 Å². The Morgan fingerprint density at radius 3 is 2.70 bits per heavy atom. The quantitative estimate of drug-likeness (QED) is 0.783. The highest BCUT2D eigenvalue weighted by molar-refractivity contribution is 6.30. The van der Waals surface area contributed by atoms with Crippen LogP contribution >= 0.6 is 11.6 Å². The number of carboxylic acid groups (broad SMARTS) is 1. The van der Waals surface area contributed by atoms with Gasteiger partial charge < -0.3 is 20.7 Å². The molecule has 0 radical (unpaired) electrons. The molecule has 20 heavy (non-hydrogen) atoms. The van der Waals surface area contributed by atoms with E-state index in [-0.39, 0.29) is 23.2 Å². The first-order valence-electron chi connectivity index (χ1n) is 5.97. The van der Waals surface area contributed by atoms with Gasteiger partial charge in [0.05, 0.1) is 0 Å². The van der Waals surface area contributed by atoms with Gasteiger partial charge in [-0.15, -0.1) is 0 Å². The van der Waals surface area contributed by atoms with Crippen molar-refractivity contribution in [3.05, 3.63) is 34.9 Å². The van der Waals surface area contributed by atoms with Crippen molar-refractivity contribution >= 4 is 23.4 Å². The van der Waals surface area contributed by atoms with Crippen LogP contribution in [0.3, 0.4) is 0 Å². The molecule has 0 amide bonds. The maximum absolute atomic E-state index is 11.4. The van der Waals surface area contributed by atoms with Crippen LogP contribution in [0.4, 0.5) is 5.82 Å². The third-order valence-corrected chi connectivity index (χ3v) is 2.86. The minimum Gasteiger partial charge on any atom is -0.477 e. The summed E-state index contributed by atoms with van der Waals surface area (Å²) in [7, 11) is 0. The molecule has 0 aliphatic heterocycles. The second kappa shape index (κ2) is 5.94. The molecule has 1 aromatic heterocycles. The summed E-state index contributed by atoms with van der Waals surface area (Å²) in [5.74, 6) is -0.774. The Kier molecular flexibility index (Phi) is 4.26. The highest BCUT2D eigenvalue weighted by Crippen LogP contribution is 2.30. The maximum atomic E-state index is 11.4. The highest BCUT2D eigenvalue weighted by Gasteiger charge is 2.23. The van der Waals surface area contributed by atoms with E-state index in [2.05, 4.69) is 10.5 Å². The summed E-state index contributed by atoms with van der Waals surface area (Å²) in [6.45, 7) is 2.19. The van der Waals surface area contributed by atoms with Crippen molar-refractivity contribution in [1.29, 1.82) is 0 Å².